The van der Waals surface area contributed by atoms with Crippen LogP contribution in [0.1, 0.15) is 37.8 Å². The van der Waals surface area contributed by atoms with Gasteiger partial charge in [0.2, 0.25) is 5.91 Å². The molecule has 0 bridgehead atoms. The minimum atomic E-state index is 0.0844. The molecule has 3 heteroatoms. The fourth-order valence-electron chi connectivity index (χ4n) is 2.92. The van der Waals surface area contributed by atoms with E-state index >= 15 is 0 Å². The number of rotatable bonds is 4. The van der Waals surface area contributed by atoms with Gasteiger partial charge in [-0.3, -0.25) is 4.79 Å². The van der Waals surface area contributed by atoms with Crippen LogP contribution >= 0.6 is 0 Å². The molecule has 1 aromatic rings. The summed E-state index contributed by atoms with van der Waals surface area (Å²) >= 11 is 0. The highest BCUT2D eigenvalue weighted by Gasteiger charge is 2.37. The maximum atomic E-state index is 12.4. The molecular formula is C16H21NO2. The van der Waals surface area contributed by atoms with Crippen molar-refractivity contribution in [1.82, 2.24) is 4.90 Å². The third kappa shape index (κ3) is 2.65. The van der Waals surface area contributed by atoms with Crippen molar-refractivity contribution in [2.75, 3.05) is 0 Å². The first-order valence-electron chi connectivity index (χ1n) is 6.75. The van der Waals surface area contributed by atoms with Crippen LogP contribution in [-0.4, -0.2) is 16.8 Å². The molecule has 0 aromatic carbocycles. The minimum absolute atomic E-state index is 0.0844. The van der Waals surface area contributed by atoms with Gasteiger partial charge in [-0.15, -0.1) is 13.2 Å². The summed E-state index contributed by atoms with van der Waals surface area (Å²) in [5.41, 5.74) is 1.07. The molecule has 0 spiro atoms. The van der Waals surface area contributed by atoms with Gasteiger partial charge in [-0.25, -0.2) is 0 Å². The van der Waals surface area contributed by atoms with Gasteiger partial charge in [0, 0.05) is 12.0 Å². The molecule has 3 nitrogen and oxygen atoms in total. The largest absolute Gasteiger partial charge is 0.472 e. The molecule has 3 atom stereocenters. The van der Waals surface area contributed by atoms with E-state index < -0.39 is 0 Å². The van der Waals surface area contributed by atoms with Gasteiger partial charge in [-0.1, -0.05) is 19.1 Å². The average molecular weight is 259 g/mol. The van der Waals surface area contributed by atoms with E-state index in [1.807, 2.05) is 17.0 Å². The van der Waals surface area contributed by atoms with E-state index in [2.05, 4.69) is 20.1 Å². The minimum Gasteiger partial charge on any atom is -0.472 e. The van der Waals surface area contributed by atoms with Crippen LogP contribution in [0.3, 0.4) is 0 Å². The van der Waals surface area contributed by atoms with E-state index in [9.17, 15) is 4.79 Å². The van der Waals surface area contributed by atoms with E-state index in [-0.39, 0.29) is 18.0 Å². The Morgan fingerprint density at radius 1 is 1.53 bits per heavy atom. The molecule has 1 saturated heterocycles. The highest BCUT2D eigenvalue weighted by atomic mass is 16.3. The maximum Gasteiger partial charge on any atom is 0.227 e. The SMILES string of the molecule is C=CCC(=O)N1[C@H](c2ccoc2)CC[C@@H](C)[C@@H]1C=C. The van der Waals surface area contributed by atoms with Crippen molar-refractivity contribution < 1.29 is 9.21 Å². The van der Waals surface area contributed by atoms with Crippen LogP contribution < -0.4 is 0 Å². The highest BCUT2D eigenvalue weighted by molar-refractivity contribution is 5.79. The molecule has 0 N–H and O–H groups in total. The second-order valence-electron chi connectivity index (χ2n) is 5.15. The zero-order chi connectivity index (χ0) is 13.8. The van der Waals surface area contributed by atoms with Crippen molar-refractivity contribution in [2.45, 2.75) is 38.3 Å². The number of hydrogen-bond donors (Lipinski definition) is 0. The topological polar surface area (TPSA) is 33.5 Å². The summed E-state index contributed by atoms with van der Waals surface area (Å²) in [6.45, 7) is 9.73. The predicted octanol–water partition coefficient (Wildman–Crippen LogP) is 3.71. The predicted molar refractivity (Wildman–Crippen MR) is 75.5 cm³/mol. The quantitative estimate of drug-likeness (QED) is 0.772. The number of likely N-dealkylation sites (tertiary alicyclic amines) is 1. The van der Waals surface area contributed by atoms with Crippen LogP contribution in [0.15, 0.2) is 48.3 Å². The second kappa shape index (κ2) is 5.91. The van der Waals surface area contributed by atoms with E-state index in [1.54, 1.807) is 18.6 Å². The normalized spacial score (nSPS) is 27.0. The van der Waals surface area contributed by atoms with Crippen molar-refractivity contribution in [1.29, 1.82) is 0 Å². The number of carbonyl (C=O) groups excluding carboxylic acids is 1. The lowest BCUT2D eigenvalue weighted by atomic mass is 9.84. The summed E-state index contributed by atoms with van der Waals surface area (Å²) in [6, 6.07) is 2.11. The summed E-state index contributed by atoms with van der Waals surface area (Å²) < 4.78 is 5.17. The van der Waals surface area contributed by atoms with E-state index in [1.165, 1.54) is 0 Å². The van der Waals surface area contributed by atoms with Crippen LogP contribution in [0.4, 0.5) is 0 Å². The molecule has 1 aromatic heterocycles. The molecule has 102 valence electrons. The zero-order valence-corrected chi connectivity index (χ0v) is 11.4. The molecule has 0 saturated carbocycles. The Balaban J connectivity index is 2.32. The van der Waals surface area contributed by atoms with Gasteiger partial charge in [0.05, 0.1) is 24.6 Å². The van der Waals surface area contributed by atoms with Crippen molar-refractivity contribution in [3.05, 3.63) is 49.5 Å². The van der Waals surface area contributed by atoms with Crippen LogP contribution in [-0.2, 0) is 4.79 Å². The fraction of sp³-hybridized carbons (Fsp3) is 0.438. The average Bonchev–Trinajstić information content (AvgIpc) is 2.92. The van der Waals surface area contributed by atoms with Crippen molar-refractivity contribution in [3.63, 3.8) is 0 Å². The van der Waals surface area contributed by atoms with Crippen molar-refractivity contribution >= 4 is 5.91 Å². The summed E-state index contributed by atoms with van der Waals surface area (Å²) in [4.78, 5) is 14.3. The van der Waals surface area contributed by atoms with E-state index in [0.717, 1.165) is 18.4 Å². The van der Waals surface area contributed by atoms with E-state index in [4.69, 9.17) is 4.42 Å². The molecule has 1 aliphatic rings. The molecular weight excluding hydrogens is 238 g/mol. The Hall–Kier alpha value is -1.77. The van der Waals surface area contributed by atoms with Crippen molar-refractivity contribution in [2.24, 2.45) is 5.92 Å². The molecule has 1 fully saturated rings. The Morgan fingerprint density at radius 2 is 2.32 bits per heavy atom. The Kier molecular flexibility index (Phi) is 4.25. The second-order valence-corrected chi connectivity index (χ2v) is 5.15. The number of carbonyl (C=O) groups is 1. The number of amides is 1. The molecule has 0 radical (unpaired) electrons. The number of hydrogen-bond acceptors (Lipinski definition) is 2. The summed E-state index contributed by atoms with van der Waals surface area (Å²) in [7, 11) is 0. The molecule has 2 heterocycles. The van der Waals surface area contributed by atoms with Gasteiger partial charge >= 0.3 is 0 Å². The van der Waals surface area contributed by atoms with Gasteiger partial charge in [-0.05, 0) is 24.8 Å². The van der Waals surface area contributed by atoms with Gasteiger partial charge in [-0.2, -0.15) is 0 Å². The molecule has 0 aliphatic carbocycles. The Morgan fingerprint density at radius 3 is 2.89 bits per heavy atom. The first kappa shape index (κ1) is 13.7. The third-order valence-corrected chi connectivity index (χ3v) is 3.91. The van der Waals surface area contributed by atoms with Crippen LogP contribution in [0.25, 0.3) is 0 Å². The zero-order valence-electron chi connectivity index (χ0n) is 11.4. The third-order valence-electron chi connectivity index (χ3n) is 3.91. The van der Waals surface area contributed by atoms with E-state index in [0.29, 0.717) is 12.3 Å². The Bertz CT molecular complexity index is 449. The van der Waals surface area contributed by atoms with Gasteiger partial charge < -0.3 is 9.32 Å². The molecule has 1 amide bonds. The summed E-state index contributed by atoms with van der Waals surface area (Å²) in [6.07, 6.45) is 9.36. The van der Waals surface area contributed by atoms with Crippen LogP contribution in [0.2, 0.25) is 0 Å². The lowest BCUT2D eigenvalue weighted by molar-refractivity contribution is -0.137. The van der Waals surface area contributed by atoms with Crippen LogP contribution in [0.5, 0.6) is 0 Å². The number of piperidine rings is 1. The maximum absolute atomic E-state index is 12.4. The first-order valence-corrected chi connectivity index (χ1v) is 6.75. The number of nitrogens with zero attached hydrogens (tertiary/aromatic N) is 1. The molecule has 1 aliphatic heterocycles. The lowest BCUT2D eigenvalue weighted by Crippen LogP contribution is -2.48. The van der Waals surface area contributed by atoms with Gasteiger partial charge in [0.25, 0.3) is 0 Å². The molecule has 2 rings (SSSR count). The number of furan rings is 1. The lowest BCUT2D eigenvalue weighted by Gasteiger charge is -2.44. The monoisotopic (exact) mass is 259 g/mol. The van der Waals surface area contributed by atoms with Crippen LogP contribution in [0, 0.1) is 5.92 Å². The highest BCUT2D eigenvalue weighted by Crippen LogP contribution is 2.38. The molecule has 0 unspecified atom stereocenters. The first-order chi connectivity index (χ1) is 9.19. The Labute approximate surface area is 114 Å². The summed E-state index contributed by atoms with van der Waals surface area (Å²) in [5.74, 6) is 0.548. The molecule has 19 heavy (non-hydrogen) atoms. The fourth-order valence-corrected chi connectivity index (χ4v) is 2.92. The van der Waals surface area contributed by atoms with Crippen molar-refractivity contribution in [3.8, 4) is 0 Å². The van der Waals surface area contributed by atoms with Gasteiger partial charge in [0.15, 0.2) is 0 Å². The van der Waals surface area contributed by atoms with Gasteiger partial charge in [0.1, 0.15) is 0 Å². The smallest absolute Gasteiger partial charge is 0.227 e. The summed E-state index contributed by atoms with van der Waals surface area (Å²) in [5, 5.41) is 0. The standard InChI is InChI=1S/C16H21NO2/c1-4-6-16(18)17-14(5-2)12(3)7-8-15(17)13-9-10-19-11-13/h4-5,9-12,14-15H,1-2,6-8H2,3H3/t12-,14+,15+/m1/s1.